The van der Waals surface area contributed by atoms with Gasteiger partial charge >= 0.3 is 0 Å². The molecule has 0 bridgehead atoms. The standard InChI is InChI=1S/C14H21N3O3S/c1-3-14(6-7-16-9-14)13(18)17-12-8-11(21(15,19)20)5-4-10(12)2/h4-5,8,16H,3,6-7,9H2,1-2H3,(H,17,18)(H2,15,19,20). The van der Waals surface area contributed by atoms with Crippen molar-refractivity contribution >= 4 is 21.6 Å². The van der Waals surface area contributed by atoms with Gasteiger partial charge in [0.25, 0.3) is 0 Å². The average molecular weight is 311 g/mol. The fourth-order valence-electron chi connectivity index (χ4n) is 2.57. The zero-order chi connectivity index (χ0) is 15.7. The topological polar surface area (TPSA) is 101 Å². The molecule has 0 radical (unpaired) electrons. The number of nitrogens with two attached hydrogens (primary N) is 1. The molecule has 2 rings (SSSR count). The van der Waals surface area contributed by atoms with Gasteiger partial charge in [-0.15, -0.1) is 0 Å². The Labute approximate surface area is 125 Å². The minimum Gasteiger partial charge on any atom is -0.325 e. The smallest absolute Gasteiger partial charge is 0.238 e. The Kier molecular flexibility index (Phi) is 4.36. The molecule has 0 aromatic heterocycles. The normalized spacial score (nSPS) is 22.2. The third kappa shape index (κ3) is 3.25. The number of hydrogen-bond acceptors (Lipinski definition) is 4. The van der Waals surface area contributed by atoms with Gasteiger partial charge in [0.2, 0.25) is 15.9 Å². The molecule has 0 aliphatic carbocycles. The molecule has 1 aliphatic heterocycles. The highest BCUT2D eigenvalue weighted by Crippen LogP contribution is 2.31. The fourth-order valence-corrected chi connectivity index (χ4v) is 3.11. The van der Waals surface area contributed by atoms with Gasteiger partial charge in [-0.2, -0.15) is 0 Å². The summed E-state index contributed by atoms with van der Waals surface area (Å²) in [5.41, 5.74) is 0.864. The van der Waals surface area contributed by atoms with Crippen LogP contribution in [0.25, 0.3) is 0 Å². The van der Waals surface area contributed by atoms with E-state index < -0.39 is 15.4 Å². The summed E-state index contributed by atoms with van der Waals surface area (Å²) in [6, 6.07) is 4.49. The van der Waals surface area contributed by atoms with Gasteiger partial charge in [-0.3, -0.25) is 4.79 Å². The lowest BCUT2D eigenvalue weighted by atomic mass is 9.83. The number of anilines is 1. The van der Waals surface area contributed by atoms with Crippen molar-refractivity contribution in [2.45, 2.75) is 31.6 Å². The van der Waals surface area contributed by atoms with Gasteiger partial charge in [-0.1, -0.05) is 13.0 Å². The van der Waals surface area contributed by atoms with E-state index in [1.807, 2.05) is 13.8 Å². The van der Waals surface area contributed by atoms with Crippen molar-refractivity contribution in [3.63, 3.8) is 0 Å². The maximum absolute atomic E-state index is 12.5. The summed E-state index contributed by atoms with van der Waals surface area (Å²) >= 11 is 0. The maximum atomic E-state index is 12.5. The van der Waals surface area contributed by atoms with Crippen LogP contribution < -0.4 is 15.8 Å². The second-order valence-corrected chi connectivity index (χ2v) is 7.10. The number of carbonyl (C=O) groups is 1. The minimum atomic E-state index is -3.78. The lowest BCUT2D eigenvalue weighted by Gasteiger charge is -2.25. The Balaban J connectivity index is 2.29. The van der Waals surface area contributed by atoms with Gasteiger partial charge in [0.1, 0.15) is 0 Å². The summed E-state index contributed by atoms with van der Waals surface area (Å²) in [7, 11) is -3.78. The van der Waals surface area contributed by atoms with E-state index >= 15 is 0 Å². The predicted octanol–water partition coefficient (Wildman–Crippen LogP) is 0.971. The number of nitrogens with one attached hydrogen (secondary N) is 2. The van der Waals surface area contributed by atoms with E-state index in [-0.39, 0.29) is 10.8 Å². The molecular weight excluding hydrogens is 290 g/mol. The van der Waals surface area contributed by atoms with E-state index in [2.05, 4.69) is 10.6 Å². The summed E-state index contributed by atoms with van der Waals surface area (Å²) in [6.45, 7) is 5.26. The maximum Gasteiger partial charge on any atom is 0.238 e. The second-order valence-electron chi connectivity index (χ2n) is 5.54. The summed E-state index contributed by atoms with van der Waals surface area (Å²) in [5.74, 6) is -0.0790. The molecule has 4 N–H and O–H groups in total. The molecule has 1 heterocycles. The SMILES string of the molecule is CCC1(C(=O)Nc2cc(S(N)(=O)=O)ccc2C)CCNC1. The van der Waals surface area contributed by atoms with Crippen LogP contribution in [0.5, 0.6) is 0 Å². The van der Waals surface area contributed by atoms with Crippen LogP contribution in [0.2, 0.25) is 0 Å². The van der Waals surface area contributed by atoms with Crippen molar-refractivity contribution in [2.24, 2.45) is 10.6 Å². The van der Waals surface area contributed by atoms with Crippen LogP contribution in [0.15, 0.2) is 23.1 Å². The molecule has 0 spiro atoms. The molecule has 1 aromatic carbocycles. The van der Waals surface area contributed by atoms with Crippen LogP contribution in [-0.4, -0.2) is 27.4 Å². The Morgan fingerprint density at radius 2 is 2.19 bits per heavy atom. The zero-order valence-corrected chi connectivity index (χ0v) is 13.1. The van der Waals surface area contributed by atoms with Crippen molar-refractivity contribution < 1.29 is 13.2 Å². The number of rotatable bonds is 4. The lowest BCUT2D eigenvalue weighted by Crippen LogP contribution is -2.37. The van der Waals surface area contributed by atoms with Crippen LogP contribution in [0, 0.1) is 12.3 Å². The molecule has 1 saturated heterocycles. The van der Waals surface area contributed by atoms with E-state index in [9.17, 15) is 13.2 Å². The first kappa shape index (κ1) is 15.9. The van der Waals surface area contributed by atoms with Crippen LogP contribution in [0.3, 0.4) is 0 Å². The van der Waals surface area contributed by atoms with Gasteiger partial charge in [-0.25, -0.2) is 13.6 Å². The lowest BCUT2D eigenvalue weighted by molar-refractivity contribution is -0.124. The number of primary sulfonamides is 1. The zero-order valence-electron chi connectivity index (χ0n) is 12.3. The molecule has 1 aromatic rings. The number of hydrogen-bond donors (Lipinski definition) is 3. The van der Waals surface area contributed by atoms with Crippen molar-refractivity contribution in [1.29, 1.82) is 0 Å². The molecule has 7 heteroatoms. The van der Waals surface area contributed by atoms with Crippen LogP contribution in [0.1, 0.15) is 25.3 Å². The average Bonchev–Trinajstić information content (AvgIpc) is 2.90. The van der Waals surface area contributed by atoms with E-state index in [0.717, 1.165) is 24.9 Å². The van der Waals surface area contributed by atoms with Crippen LogP contribution in [-0.2, 0) is 14.8 Å². The molecular formula is C14H21N3O3S. The third-order valence-electron chi connectivity index (χ3n) is 4.19. The van der Waals surface area contributed by atoms with Crippen LogP contribution in [0.4, 0.5) is 5.69 Å². The molecule has 1 atom stereocenters. The first-order valence-electron chi connectivity index (χ1n) is 6.94. The summed E-state index contributed by atoms with van der Waals surface area (Å²) < 4.78 is 22.8. The fraction of sp³-hybridized carbons (Fsp3) is 0.500. The van der Waals surface area contributed by atoms with E-state index in [1.165, 1.54) is 12.1 Å². The van der Waals surface area contributed by atoms with Gasteiger partial charge < -0.3 is 10.6 Å². The summed E-state index contributed by atoms with van der Waals surface area (Å²) in [4.78, 5) is 12.5. The summed E-state index contributed by atoms with van der Waals surface area (Å²) in [6.07, 6.45) is 1.52. The molecule has 6 nitrogen and oxygen atoms in total. The monoisotopic (exact) mass is 311 g/mol. The second kappa shape index (κ2) is 5.75. The molecule has 1 amide bonds. The highest BCUT2D eigenvalue weighted by atomic mass is 32.2. The Hall–Kier alpha value is -1.44. The predicted molar refractivity (Wildman–Crippen MR) is 81.4 cm³/mol. The number of amides is 1. The van der Waals surface area contributed by atoms with Crippen molar-refractivity contribution in [1.82, 2.24) is 5.32 Å². The molecule has 21 heavy (non-hydrogen) atoms. The van der Waals surface area contributed by atoms with E-state index in [1.54, 1.807) is 6.07 Å². The Bertz CT molecular complexity index is 649. The van der Waals surface area contributed by atoms with Gasteiger partial charge in [-0.05, 0) is 44.0 Å². The van der Waals surface area contributed by atoms with Crippen molar-refractivity contribution in [3.8, 4) is 0 Å². The van der Waals surface area contributed by atoms with E-state index in [4.69, 9.17) is 5.14 Å². The van der Waals surface area contributed by atoms with Gasteiger partial charge in [0.05, 0.1) is 10.3 Å². The first-order chi connectivity index (χ1) is 9.78. The molecule has 0 saturated carbocycles. The quantitative estimate of drug-likeness (QED) is 0.771. The number of aryl methyl sites for hydroxylation is 1. The Morgan fingerprint density at radius 3 is 2.71 bits per heavy atom. The number of sulfonamides is 1. The van der Waals surface area contributed by atoms with Gasteiger partial charge in [0.15, 0.2) is 0 Å². The van der Waals surface area contributed by atoms with Gasteiger partial charge in [0, 0.05) is 12.2 Å². The highest BCUT2D eigenvalue weighted by Gasteiger charge is 2.39. The minimum absolute atomic E-state index is 0.00139. The highest BCUT2D eigenvalue weighted by molar-refractivity contribution is 7.89. The number of carbonyl (C=O) groups excluding carboxylic acids is 1. The summed E-state index contributed by atoms with van der Waals surface area (Å²) in [5, 5.41) is 11.2. The van der Waals surface area contributed by atoms with Crippen LogP contribution >= 0.6 is 0 Å². The third-order valence-corrected chi connectivity index (χ3v) is 5.10. The number of benzene rings is 1. The van der Waals surface area contributed by atoms with E-state index in [0.29, 0.717) is 12.2 Å². The van der Waals surface area contributed by atoms with Crippen molar-refractivity contribution in [2.75, 3.05) is 18.4 Å². The first-order valence-corrected chi connectivity index (χ1v) is 8.49. The van der Waals surface area contributed by atoms with Crippen molar-refractivity contribution in [3.05, 3.63) is 23.8 Å². The Morgan fingerprint density at radius 1 is 1.48 bits per heavy atom. The molecule has 1 aliphatic rings. The molecule has 1 fully saturated rings. The molecule has 1 unspecified atom stereocenters. The molecule has 116 valence electrons. The largest absolute Gasteiger partial charge is 0.325 e.